The van der Waals surface area contributed by atoms with Crippen LogP contribution < -0.4 is 10.1 Å². The molecule has 1 saturated heterocycles. The summed E-state index contributed by atoms with van der Waals surface area (Å²) in [6, 6.07) is 9.01. The fourth-order valence-electron chi connectivity index (χ4n) is 3.67. The molecule has 0 radical (unpaired) electrons. The van der Waals surface area contributed by atoms with Crippen LogP contribution in [0.2, 0.25) is 0 Å². The lowest BCUT2D eigenvalue weighted by Gasteiger charge is -2.25. The maximum Gasteiger partial charge on any atom is 0.573 e. The zero-order chi connectivity index (χ0) is 22.4. The fourth-order valence-corrected chi connectivity index (χ4v) is 3.67. The van der Waals surface area contributed by atoms with E-state index in [1.54, 1.807) is 6.07 Å². The third-order valence-electron chi connectivity index (χ3n) is 5.06. The number of benzene rings is 2. The minimum Gasteiger partial charge on any atom is -0.505 e. The molecule has 5 nitrogen and oxygen atoms in total. The van der Waals surface area contributed by atoms with E-state index in [1.165, 1.54) is 24.3 Å². The number of alkyl halides is 3. The van der Waals surface area contributed by atoms with Gasteiger partial charge < -0.3 is 20.1 Å². The summed E-state index contributed by atoms with van der Waals surface area (Å²) in [5, 5.41) is 12.3. The molecule has 1 aliphatic rings. The SMILES string of the molecule is O=C(Cc1ccc(OC(F)(F)F)cc1)NC(Cc1ccc(O)c(F)c1)CN1CCCC1. The summed E-state index contributed by atoms with van der Waals surface area (Å²) >= 11 is 0. The summed E-state index contributed by atoms with van der Waals surface area (Å²) in [7, 11) is 0. The minimum atomic E-state index is -4.77. The van der Waals surface area contributed by atoms with Crippen LogP contribution in [0.15, 0.2) is 42.5 Å². The van der Waals surface area contributed by atoms with E-state index >= 15 is 0 Å². The third-order valence-corrected chi connectivity index (χ3v) is 5.06. The number of hydrogen-bond donors (Lipinski definition) is 2. The van der Waals surface area contributed by atoms with Crippen LogP contribution >= 0.6 is 0 Å². The zero-order valence-corrected chi connectivity index (χ0v) is 16.8. The van der Waals surface area contributed by atoms with Crippen LogP contribution in [-0.4, -0.2) is 48.0 Å². The standard InChI is InChI=1S/C22H24F4N2O3/c23-19-12-16(5-8-20(19)29)11-17(14-28-9-1-2-10-28)27-21(30)13-15-3-6-18(7-4-15)31-22(24,25)26/h3-8,12,17,29H,1-2,9-11,13-14H2,(H,27,30). The Balaban J connectivity index is 1.62. The molecule has 1 aliphatic heterocycles. The number of amides is 1. The smallest absolute Gasteiger partial charge is 0.505 e. The molecule has 0 bridgehead atoms. The summed E-state index contributed by atoms with van der Waals surface area (Å²) in [6.07, 6.45) is -2.22. The number of phenols is 1. The molecule has 3 rings (SSSR count). The lowest BCUT2D eigenvalue weighted by molar-refractivity contribution is -0.274. The van der Waals surface area contributed by atoms with Gasteiger partial charge in [0.1, 0.15) is 5.75 Å². The summed E-state index contributed by atoms with van der Waals surface area (Å²) in [5.41, 5.74) is 1.19. The highest BCUT2D eigenvalue weighted by molar-refractivity contribution is 5.79. The summed E-state index contributed by atoms with van der Waals surface area (Å²) < 4.78 is 54.3. The lowest BCUT2D eigenvalue weighted by atomic mass is 10.0. The van der Waals surface area contributed by atoms with Gasteiger partial charge in [-0.1, -0.05) is 18.2 Å². The van der Waals surface area contributed by atoms with Crippen molar-refractivity contribution in [3.8, 4) is 11.5 Å². The number of carbonyl (C=O) groups excluding carboxylic acids is 1. The van der Waals surface area contributed by atoms with Gasteiger partial charge in [-0.2, -0.15) is 0 Å². The Kier molecular flexibility index (Phi) is 7.37. The van der Waals surface area contributed by atoms with E-state index in [4.69, 9.17) is 0 Å². The van der Waals surface area contributed by atoms with Gasteiger partial charge in [-0.25, -0.2) is 4.39 Å². The zero-order valence-electron chi connectivity index (χ0n) is 16.8. The average Bonchev–Trinajstić information content (AvgIpc) is 3.18. The highest BCUT2D eigenvalue weighted by atomic mass is 19.4. The van der Waals surface area contributed by atoms with Crippen molar-refractivity contribution in [1.29, 1.82) is 0 Å². The van der Waals surface area contributed by atoms with Crippen molar-refractivity contribution in [2.24, 2.45) is 0 Å². The number of ether oxygens (including phenoxy) is 1. The van der Waals surface area contributed by atoms with Gasteiger partial charge in [0.15, 0.2) is 11.6 Å². The monoisotopic (exact) mass is 440 g/mol. The predicted octanol–water partition coefficient (Wildman–Crippen LogP) is 3.80. The van der Waals surface area contributed by atoms with Gasteiger partial charge in [-0.3, -0.25) is 4.79 Å². The first-order chi connectivity index (χ1) is 14.7. The van der Waals surface area contributed by atoms with E-state index in [-0.39, 0.29) is 24.1 Å². The van der Waals surface area contributed by atoms with Crippen molar-refractivity contribution in [1.82, 2.24) is 10.2 Å². The van der Waals surface area contributed by atoms with Crippen LogP contribution in [0.25, 0.3) is 0 Å². The number of hydrogen-bond acceptors (Lipinski definition) is 4. The number of aromatic hydroxyl groups is 1. The highest BCUT2D eigenvalue weighted by Gasteiger charge is 2.31. The first kappa shape index (κ1) is 22.9. The predicted molar refractivity (Wildman–Crippen MR) is 106 cm³/mol. The van der Waals surface area contributed by atoms with Crippen molar-refractivity contribution in [3.63, 3.8) is 0 Å². The molecule has 1 amide bonds. The maximum absolute atomic E-state index is 13.7. The lowest BCUT2D eigenvalue weighted by Crippen LogP contribution is -2.45. The average molecular weight is 440 g/mol. The van der Waals surface area contributed by atoms with Crippen LogP contribution in [0.5, 0.6) is 11.5 Å². The number of phenolic OH excluding ortho intramolecular Hbond substituents is 1. The van der Waals surface area contributed by atoms with Crippen molar-refractivity contribution >= 4 is 5.91 Å². The van der Waals surface area contributed by atoms with Crippen LogP contribution in [0.4, 0.5) is 17.6 Å². The van der Waals surface area contributed by atoms with Gasteiger partial charge in [0.25, 0.3) is 0 Å². The molecule has 0 aliphatic carbocycles. The van der Waals surface area contributed by atoms with Crippen LogP contribution in [0.3, 0.4) is 0 Å². The second-order valence-corrected chi connectivity index (χ2v) is 7.63. The number of likely N-dealkylation sites (tertiary alicyclic amines) is 1. The molecular weight excluding hydrogens is 416 g/mol. The van der Waals surface area contributed by atoms with E-state index in [2.05, 4.69) is 15.0 Å². The van der Waals surface area contributed by atoms with E-state index in [9.17, 15) is 27.5 Å². The van der Waals surface area contributed by atoms with E-state index < -0.39 is 17.9 Å². The molecule has 0 saturated carbocycles. The fraction of sp³-hybridized carbons (Fsp3) is 0.409. The Morgan fingerprint density at radius 1 is 1.10 bits per heavy atom. The Morgan fingerprint density at radius 2 is 1.74 bits per heavy atom. The molecule has 0 aromatic heterocycles. The van der Waals surface area contributed by atoms with E-state index in [0.29, 0.717) is 24.1 Å². The van der Waals surface area contributed by atoms with Gasteiger partial charge >= 0.3 is 6.36 Å². The second-order valence-electron chi connectivity index (χ2n) is 7.63. The Bertz CT molecular complexity index is 881. The molecule has 1 heterocycles. The molecule has 2 N–H and O–H groups in total. The first-order valence-corrected chi connectivity index (χ1v) is 10.0. The van der Waals surface area contributed by atoms with Crippen molar-refractivity contribution in [2.75, 3.05) is 19.6 Å². The molecule has 1 atom stereocenters. The quantitative estimate of drug-likeness (QED) is 0.613. The van der Waals surface area contributed by atoms with Gasteiger partial charge in [-0.15, -0.1) is 13.2 Å². The summed E-state index contributed by atoms with van der Waals surface area (Å²) in [6.45, 7) is 2.46. The molecule has 2 aromatic carbocycles. The number of nitrogens with one attached hydrogen (secondary N) is 1. The number of nitrogens with zero attached hydrogens (tertiary/aromatic N) is 1. The van der Waals surface area contributed by atoms with Crippen LogP contribution in [0.1, 0.15) is 24.0 Å². The topological polar surface area (TPSA) is 61.8 Å². The van der Waals surface area contributed by atoms with Gasteiger partial charge in [0.2, 0.25) is 5.91 Å². The summed E-state index contributed by atoms with van der Waals surface area (Å²) in [4.78, 5) is 14.8. The maximum atomic E-state index is 13.7. The van der Waals surface area contributed by atoms with Crippen molar-refractivity contribution in [2.45, 2.75) is 38.1 Å². The van der Waals surface area contributed by atoms with Crippen LogP contribution in [0, 0.1) is 5.82 Å². The molecule has 0 spiro atoms. The van der Waals surface area contributed by atoms with Crippen molar-refractivity contribution in [3.05, 3.63) is 59.4 Å². The molecule has 168 valence electrons. The Morgan fingerprint density at radius 3 is 2.35 bits per heavy atom. The van der Waals surface area contributed by atoms with Gasteiger partial charge in [0.05, 0.1) is 6.42 Å². The molecule has 9 heteroatoms. The van der Waals surface area contributed by atoms with Crippen LogP contribution in [-0.2, 0) is 17.6 Å². The summed E-state index contributed by atoms with van der Waals surface area (Å²) in [5.74, 6) is -1.78. The van der Waals surface area contributed by atoms with Gasteiger partial charge in [0, 0.05) is 12.6 Å². The van der Waals surface area contributed by atoms with E-state index in [0.717, 1.165) is 38.1 Å². The Hall–Kier alpha value is -2.81. The largest absolute Gasteiger partial charge is 0.573 e. The Labute approximate surface area is 177 Å². The molecule has 1 fully saturated rings. The minimum absolute atomic E-state index is 0.00721. The van der Waals surface area contributed by atoms with Crippen molar-refractivity contribution < 1.29 is 32.2 Å². The molecule has 1 unspecified atom stereocenters. The molecule has 2 aromatic rings. The first-order valence-electron chi connectivity index (χ1n) is 10.0. The van der Waals surface area contributed by atoms with Gasteiger partial charge in [-0.05, 0) is 67.7 Å². The number of carbonyl (C=O) groups is 1. The second kappa shape index (κ2) is 10.00. The third kappa shape index (κ3) is 7.43. The number of halogens is 4. The number of rotatable bonds is 8. The highest BCUT2D eigenvalue weighted by Crippen LogP contribution is 2.23. The van der Waals surface area contributed by atoms with E-state index in [1.807, 2.05) is 0 Å². The normalized spacial score (nSPS) is 15.6. The molecular formula is C22H24F4N2O3. The molecule has 31 heavy (non-hydrogen) atoms.